The van der Waals surface area contributed by atoms with E-state index in [0.717, 1.165) is 16.5 Å². The molecule has 0 spiro atoms. The summed E-state index contributed by atoms with van der Waals surface area (Å²) in [5, 5.41) is 3.17. The second kappa shape index (κ2) is 5.23. The molecule has 0 aliphatic heterocycles. The molecule has 0 radical (unpaired) electrons. The molecule has 20 heavy (non-hydrogen) atoms. The van der Waals surface area contributed by atoms with Gasteiger partial charge in [0, 0.05) is 4.70 Å². The smallest absolute Gasteiger partial charge is 0.165 e. The van der Waals surface area contributed by atoms with Crippen LogP contribution in [-0.2, 0) is 0 Å². The number of hydrogen-bond donors (Lipinski definition) is 1. The molecular weight excluding hydrogens is 273 g/mol. The lowest BCUT2D eigenvalue weighted by molar-refractivity contribution is 0.386. The van der Waals surface area contributed by atoms with Gasteiger partial charge in [-0.2, -0.15) is 0 Å². The van der Waals surface area contributed by atoms with E-state index in [4.69, 9.17) is 10.5 Å². The average Bonchev–Trinajstić information content (AvgIpc) is 2.90. The second-order valence-electron chi connectivity index (χ2n) is 4.56. The molecule has 2 N–H and O–H groups in total. The van der Waals surface area contributed by atoms with Crippen LogP contribution in [0.4, 0.5) is 4.39 Å². The fourth-order valence-corrected chi connectivity index (χ4v) is 3.29. The van der Waals surface area contributed by atoms with E-state index >= 15 is 0 Å². The van der Waals surface area contributed by atoms with Crippen molar-refractivity contribution in [2.24, 2.45) is 5.73 Å². The third kappa shape index (κ3) is 2.17. The van der Waals surface area contributed by atoms with Crippen molar-refractivity contribution in [1.29, 1.82) is 0 Å². The summed E-state index contributed by atoms with van der Waals surface area (Å²) in [6, 6.07) is 12.6. The lowest BCUT2D eigenvalue weighted by atomic mass is 9.99. The molecule has 0 bridgehead atoms. The number of thiophene rings is 1. The van der Waals surface area contributed by atoms with E-state index in [1.54, 1.807) is 23.5 Å². The third-order valence-electron chi connectivity index (χ3n) is 3.38. The maximum Gasteiger partial charge on any atom is 0.165 e. The van der Waals surface area contributed by atoms with Crippen molar-refractivity contribution in [1.82, 2.24) is 0 Å². The van der Waals surface area contributed by atoms with Gasteiger partial charge in [-0.15, -0.1) is 11.3 Å². The van der Waals surface area contributed by atoms with Crippen molar-refractivity contribution in [2.45, 2.75) is 6.04 Å². The summed E-state index contributed by atoms with van der Waals surface area (Å²) in [6.07, 6.45) is 0. The Hall–Kier alpha value is -1.91. The summed E-state index contributed by atoms with van der Waals surface area (Å²) < 4.78 is 19.9. The fraction of sp³-hybridized carbons (Fsp3) is 0.125. The van der Waals surface area contributed by atoms with E-state index in [0.29, 0.717) is 0 Å². The number of halogens is 1. The number of benzene rings is 2. The number of rotatable bonds is 3. The van der Waals surface area contributed by atoms with E-state index in [1.807, 2.05) is 23.6 Å². The molecule has 0 saturated carbocycles. The first-order valence-electron chi connectivity index (χ1n) is 6.26. The Morgan fingerprint density at radius 3 is 2.75 bits per heavy atom. The number of nitrogens with two attached hydrogens (primary N) is 1. The van der Waals surface area contributed by atoms with Gasteiger partial charge in [0.1, 0.15) is 0 Å². The SMILES string of the molecule is COc1ccc(C(N)c2csc3ccccc23)cc1F. The Kier molecular flexibility index (Phi) is 3.42. The van der Waals surface area contributed by atoms with Crippen LogP contribution < -0.4 is 10.5 Å². The van der Waals surface area contributed by atoms with E-state index < -0.39 is 0 Å². The van der Waals surface area contributed by atoms with Crippen LogP contribution in [0.3, 0.4) is 0 Å². The van der Waals surface area contributed by atoms with Crippen LogP contribution in [-0.4, -0.2) is 7.11 Å². The minimum Gasteiger partial charge on any atom is -0.494 e. The van der Waals surface area contributed by atoms with Crippen molar-refractivity contribution in [3.63, 3.8) is 0 Å². The zero-order valence-corrected chi connectivity index (χ0v) is 11.8. The highest BCUT2D eigenvalue weighted by molar-refractivity contribution is 7.17. The maximum absolute atomic E-state index is 13.8. The molecule has 0 aliphatic rings. The topological polar surface area (TPSA) is 35.2 Å². The highest BCUT2D eigenvalue weighted by Gasteiger charge is 2.15. The monoisotopic (exact) mass is 287 g/mol. The largest absolute Gasteiger partial charge is 0.494 e. The minimum atomic E-state index is -0.389. The Balaban J connectivity index is 2.04. The van der Waals surface area contributed by atoms with Crippen LogP contribution in [0.25, 0.3) is 10.1 Å². The fourth-order valence-electron chi connectivity index (χ4n) is 2.29. The first-order chi connectivity index (χ1) is 9.70. The zero-order valence-electron chi connectivity index (χ0n) is 11.0. The summed E-state index contributed by atoms with van der Waals surface area (Å²) >= 11 is 1.65. The Morgan fingerprint density at radius 1 is 1.20 bits per heavy atom. The lowest BCUT2D eigenvalue weighted by Gasteiger charge is -2.13. The van der Waals surface area contributed by atoms with Gasteiger partial charge in [-0.3, -0.25) is 0 Å². The van der Waals surface area contributed by atoms with Gasteiger partial charge in [0.05, 0.1) is 13.2 Å². The number of fused-ring (bicyclic) bond motifs is 1. The van der Waals surface area contributed by atoms with E-state index in [9.17, 15) is 4.39 Å². The number of methoxy groups -OCH3 is 1. The molecule has 0 amide bonds. The van der Waals surface area contributed by atoms with Crippen LogP contribution in [0.1, 0.15) is 17.2 Å². The van der Waals surface area contributed by atoms with E-state index in [-0.39, 0.29) is 17.6 Å². The predicted octanol–water partition coefficient (Wildman–Crippen LogP) is 4.10. The van der Waals surface area contributed by atoms with Gasteiger partial charge in [0.15, 0.2) is 11.6 Å². The van der Waals surface area contributed by atoms with Gasteiger partial charge in [-0.25, -0.2) is 4.39 Å². The minimum absolute atomic E-state index is 0.233. The zero-order chi connectivity index (χ0) is 14.1. The average molecular weight is 287 g/mol. The molecule has 1 atom stereocenters. The van der Waals surface area contributed by atoms with Crippen LogP contribution in [0.5, 0.6) is 5.75 Å². The van der Waals surface area contributed by atoms with Crippen molar-refractivity contribution in [2.75, 3.05) is 7.11 Å². The van der Waals surface area contributed by atoms with Crippen molar-refractivity contribution in [3.8, 4) is 5.75 Å². The molecule has 1 unspecified atom stereocenters. The normalized spacial score (nSPS) is 12.6. The summed E-state index contributed by atoms with van der Waals surface area (Å²) in [5.41, 5.74) is 8.05. The van der Waals surface area contributed by atoms with Crippen molar-refractivity contribution in [3.05, 3.63) is 64.8 Å². The third-order valence-corrected chi connectivity index (χ3v) is 4.36. The molecule has 3 aromatic rings. The van der Waals surface area contributed by atoms with Gasteiger partial charge < -0.3 is 10.5 Å². The molecule has 1 aromatic heterocycles. The Labute approximate surface area is 120 Å². The molecule has 102 valence electrons. The maximum atomic E-state index is 13.8. The van der Waals surface area contributed by atoms with Crippen LogP contribution in [0.15, 0.2) is 47.8 Å². The Bertz CT molecular complexity index is 753. The van der Waals surface area contributed by atoms with Gasteiger partial charge in [0.2, 0.25) is 0 Å². The first-order valence-corrected chi connectivity index (χ1v) is 7.14. The highest BCUT2D eigenvalue weighted by Crippen LogP contribution is 2.33. The first kappa shape index (κ1) is 13.1. The Morgan fingerprint density at radius 2 is 2.00 bits per heavy atom. The van der Waals surface area contributed by atoms with Gasteiger partial charge in [0.25, 0.3) is 0 Å². The molecule has 1 heterocycles. The van der Waals surface area contributed by atoms with Crippen LogP contribution in [0.2, 0.25) is 0 Å². The second-order valence-corrected chi connectivity index (χ2v) is 5.47. The molecule has 0 fully saturated rings. The standard InChI is InChI=1S/C16H14FNOS/c1-19-14-7-6-10(8-13(14)17)16(18)12-9-20-15-5-3-2-4-11(12)15/h2-9,16H,18H2,1H3. The number of ether oxygens (including phenoxy) is 1. The van der Waals surface area contributed by atoms with Crippen LogP contribution >= 0.6 is 11.3 Å². The van der Waals surface area contributed by atoms with E-state index in [2.05, 4.69) is 6.07 Å². The summed E-state index contributed by atoms with van der Waals surface area (Å²) in [7, 11) is 1.45. The lowest BCUT2D eigenvalue weighted by Crippen LogP contribution is -2.11. The van der Waals surface area contributed by atoms with Crippen LogP contribution in [0, 0.1) is 5.82 Å². The molecule has 0 aliphatic carbocycles. The molecule has 4 heteroatoms. The molecule has 2 nitrogen and oxygen atoms in total. The predicted molar refractivity (Wildman–Crippen MR) is 80.8 cm³/mol. The van der Waals surface area contributed by atoms with E-state index in [1.165, 1.54) is 17.9 Å². The molecule has 0 saturated heterocycles. The van der Waals surface area contributed by atoms with Gasteiger partial charge in [-0.05, 0) is 40.1 Å². The molecule has 3 rings (SSSR count). The quantitative estimate of drug-likeness (QED) is 0.787. The van der Waals surface area contributed by atoms with Gasteiger partial charge in [-0.1, -0.05) is 24.3 Å². The summed E-state index contributed by atoms with van der Waals surface area (Å²) in [5.74, 6) is -0.156. The van der Waals surface area contributed by atoms with Gasteiger partial charge >= 0.3 is 0 Å². The van der Waals surface area contributed by atoms with Crippen molar-refractivity contribution >= 4 is 21.4 Å². The highest BCUT2D eigenvalue weighted by atomic mass is 32.1. The molecular formula is C16H14FNOS. The summed E-state index contributed by atoms with van der Waals surface area (Å²) in [6.45, 7) is 0. The number of hydrogen-bond acceptors (Lipinski definition) is 3. The summed E-state index contributed by atoms with van der Waals surface area (Å²) in [4.78, 5) is 0. The van der Waals surface area contributed by atoms with Crippen molar-refractivity contribution < 1.29 is 9.13 Å². The molecule has 2 aromatic carbocycles.